The molecule has 2 aromatic heterocycles. The van der Waals surface area contributed by atoms with Gasteiger partial charge in [0.25, 0.3) is 0 Å². The molecule has 0 bridgehead atoms. The number of fused-ring (bicyclic) bond motifs is 1. The van der Waals surface area contributed by atoms with Gasteiger partial charge in [-0.15, -0.1) is 0 Å². The maximum atomic E-state index is 13.8. The van der Waals surface area contributed by atoms with E-state index >= 15 is 0 Å². The van der Waals surface area contributed by atoms with E-state index in [1.54, 1.807) is 54.9 Å². The Morgan fingerprint density at radius 2 is 2.00 bits per heavy atom. The number of aliphatic hydroxyl groups is 1. The molecule has 1 fully saturated rings. The Balaban J connectivity index is 1.37. The fraction of sp³-hybridized carbons (Fsp3) is 0.231. The molecule has 1 aliphatic heterocycles. The summed E-state index contributed by atoms with van der Waals surface area (Å²) in [5.41, 5.74) is 2.38. The third-order valence-electron chi connectivity index (χ3n) is 5.93. The van der Waals surface area contributed by atoms with E-state index in [-0.39, 0.29) is 30.3 Å². The number of carbonyl (C=O) groups excluding carboxylic acids is 1. The molecule has 0 aliphatic carbocycles. The second-order valence-corrected chi connectivity index (χ2v) is 8.23. The first-order valence-electron chi connectivity index (χ1n) is 11.1. The number of aliphatic hydroxyl groups excluding tert-OH is 1. The number of aromatic nitrogens is 2. The first-order chi connectivity index (χ1) is 16.6. The van der Waals surface area contributed by atoms with Crippen molar-refractivity contribution in [3.63, 3.8) is 0 Å². The molecule has 3 heterocycles. The number of ether oxygens (including phenoxy) is 2. The average Bonchev–Trinajstić information content (AvgIpc) is 3.31. The van der Waals surface area contributed by atoms with E-state index in [0.29, 0.717) is 34.5 Å². The van der Waals surface area contributed by atoms with Crippen LogP contribution in [-0.2, 0) is 4.74 Å². The molecule has 7 nitrogen and oxygen atoms in total. The highest BCUT2D eigenvalue weighted by Gasteiger charge is 2.23. The Labute approximate surface area is 195 Å². The predicted octanol–water partition coefficient (Wildman–Crippen LogP) is 4.68. The van der Waals surface area contributed by atoms with Crippen molar-refractivity contribution in [2.24, 2.45) is 0 Å². The van der Waals surface area contributed by atoms with Crippen LogP contribution in [0, 0.1) is 5.82 Å². The average molecular weight is 461 g/mol. The highest BCUT2D eigenvalue weighted by molar-refractivity contribution is 6.18. The Hall–Kier alpha value is -3.75. The molecular formula is C26H24FN3O4. The van der Waals surface area contributed by atoms with Crippen molar-refractivity contribution in [1.82, 2.24) is 9.97 Å². The summed E-state index contributed by atoms with van der Waals surface area (Å²) in [5, 5.41) is 13.4. The molecule has 1 saturated heterocycles. The number of para-hydroxylation sites is 1. The number of ketones is 1. The van der Waals surface area contributed by atoms with Crippen molar-refractivity contribution in [3.8, 4) is 11.5 Å². The summed E-state index contributed by atoms with van der Waals surface area (Å²) in [7, 11) is 0. The molecule has 0 saturated carbocycles. The van der Waals surface area contributed by atoms with Gasteiger partial charge in [-0.25, -0.2) is 9.37 Å². The summed E-state index contributed by atoms with van der Waals surface area (Å²) >= 11 is 0. The zero-order valence-corrected chi connectivity index (χ0v) is 18.3. The number of carbonyl (C=O) groups is 1. The van der Waals surface area contributed by atoms with Gasteiger partial charge < -0.3 is 24.9 Å². The molecule has 0 spiro atoms. The Morgan fingerprint density at radius 3 is 2.74 bits per heavy atom. The molecule has 2 atom stereocenters. The van der Waals surface area contributed by atoms with Crippen LogP contribution < -0.4 is 10.1 Å². The third-order valence-corrected chi connectivity index (χ3v) is 5.93. The van der Waals surface area contributed by atoms with Crippen LogP contribution in [0.15, 0.2) is 67.0 Å². The lowest BCUT2D eigenvalue weighted by Crippen LogP contribution is -2.36. The number of aromatic amines is 1. The molecule has 5 rings (SSSR count). The van der Waals surface area contributed by atoms with Crippen LogP contribution in [-0.4, -0.2) is 46.2 Å². The Morgan fingerprint density at radius 1 is 1.18 bits per heavy atom. The molecule has 4 aromatic rings. The van der Waals surface area contributed by atoms with Gasteiger partial charge in [-0.2, -0.15) is 0 Å². The number of halogens is 1. The van der Waals surface area contributed by atoms with Gasteiger partial charge in [-0.05, 0) is 55.3 Å². The normalized spacial score (nSPS) is 18.1. The zero-order valence-electron chi connectivity index (χ0n) is 18.3. The number of H-pyrrole nitrogens is 1. The van der Waals surface area contributed by atoms with Gasteiger partial charge in [0, 0.05) is 29.7 Å². The smallest absolute Gasteiger partial charge is 0.195 e. The fourth-order valence-electron chi connectivity index (χ4n) is 4.12. The second-order valence-electron chi connectivity index (χ2n) is 8.23. The van der Waals surface area contributed by atoms with Crippen molar-refractivity contribution >= 4 is 22.5 Å². The second kappa shape index (κ2) is 9.62. The van der Waals surface area contributed by atoms with Crippen molar-refractivity contribution in [3.05, 3.63) is 83.9 Å². The Bertz CT molecular complexity index is 1300. The van der Waals surface area contributed by atoms with E-state index in [1.807, 2.05) is 6.07 Å². The van der Waals surface area contributed by atoms with Gasteiger partial charge in [-0.3, -0.25) is 4.79 Å². The predicted molar refractivity (Wildman–Crippen MR) is 126 cm³/mol. The van der Waals surface area contributed by atoms with Crippen molar-refractivity contribution in [2.75, 3.05) is 18.5 Å². The molecule has 174 valence electrons. The van der Waals surface area contributed by atoms with E-state index in [4.69, 9.17) is 9.47 Å². The summed E-state index contributed by atoms with van der Waals surface area (Å²) < 4.78 is 25.1. The number of hydrogen-bond donors (Lipinski definition) is 3. The zero-order chi connectivity index (χ0) is 23.5. The summed E-state index contributed by atoms with van der Waals surface area (Å²) in [6.07, 6.45) is 4.85. The SMILES string of the molecule is O=C(c1ccc(Oc2ccccc2F)cc1)c1c[nH]c2nccc(N[C@@H]3CC[C@@H](CO)OC3)c12. The summed E-state index contributed by atoms with van der Waals surface area (Å²) in [6.45, 7) is 0.499. The third kappa shape index (κ3) is 4.50. The van der Waals surface area contributed by atoms with E-state index in [0.717, 1.165) is 18.5 Å². The molecule has 2 aromatic carbocycles. The lowest BCUT2D eigenvalue weighted by atomic mass is 10.0. The molecule has 34 heavy (non-hydrogen) atoms. The van der Waals surface area contributed by atoms with Crippen molar-refractivity contribution in [2.45, 2.75) is 25.0 Å². The largest absolute Gasteiger partial charge is 0.454 e. The number of nitrogens with one attached hydrogen (secondary N) is 2. The van der Waals surface area contributed by atoms with Crippen LogP contribution in [0.5, 0.6) is 11.5 Å². The maximum Gasteiger partial charge on any atom is 0.195 e. The maximum absolute atomic E-state index is 13.8. The number of rotatable bonds is 7. The number of nitrogens with zero attached hydrogens (tertiary/aromatic N) is 1. The highest BCUT2D eigenvalue weighted by Crippen LogP contribution is 2.30. The minimum absolute atomic E-state index is 0.0206. The molecule has 8 heteroatoms. The van der Waals surface area contributed by atoms with E-state index in [1.165, 1.54) is 6.07 Å². The van der Waals surface area contributed by atoms with Crippen LogP contribution in [0.4, 0.5) is 10.1 Å². The molecule has 0 unspecified atom stereocenters. The van der Waals surface area contributed by atoms with Gasteiger partial charge in [0.1, 0.15) is 11.4 Å². The molecular weight excluding hydrogens is 437 g/mol. The summed E-state index contributed by atoms with van der Waals surface area (Å²) in [4.78, 5) is 20.8. The molecule has 1 aliphatic rings. The lowest BCUT2D eigenvalue weighted by molar-refractivity contribution is -0.0223. The number of benzene rings is 2. The van der Waals surface area contributed by atoms with Gasteiger partial charge in [0.15, 0.2) is 17.3 Å². The molecule has 0 radical (unpaired) electrons. The van der Waals surface area contributed by atoms with Gasteiger partial charge in [-0.1, -0.05) is 12.1 Å². The van der Waals surface area contributed by atoms with E-state index < -0.39 is 5.82 Å². The van der Waals surface area contributed by atoms with Crippen molar-refractivity contribution in [1.29, 1.82) is 0 Å². The van der Waals surface area contributed by atoms with E-state index in [2.05, 4.69) is 15.3 Å². The highest BCUT2D eigenvalue weighted by atomic mass is 19.1. The fourth-order valence-corrected chi connectivity index (χ4v) is 4.12. The lowest BCUT2D eigenvalue weighted by Gasteiger charge is -2.29. The van der Waals surface area contributed by atoms with Crippen LogP contribution >= 0.6 is 0 Å². The number of anilines is 1. The topological polar surface area (TPSA) is 96.5 Å². The summed E-state index contributed by atoms with van der Waals surface area (Å²) in [5.74, 6) is -0.0655. The first-order valence-corrected chi connectivity index (χ1v) is 11.1. The Kier molecular flexibility index (Phi) is 6.24. The standard InChI is InChI=1S/C26H24FN3O4/c27-21-3-1-2-4-23(21)34-18-8-5-16(6-9-18)25(32)20-13-29-26-24(20)22(11-12-28-26)30-17-7-10-19(14-31)33-15-17/h1-6,8-9,11-13,17,19,31H,7,10,14-15H2,(H2,28,29,30)/t17-,19+/m1/s1. The molecule has 3 N–H and O–H groups in total. The quantitative estimate of drug-likeness (QED) is 0.346. The minimum atomic E-state index is -0.454. The number of hydrogen-bond acceptors (Lipinski definition) is 6. The number of pyridine rings is 1. The van der Waals surface area contributed by atoms with Gasteiger partial charge in [0.2, 0.25) is 0 Å². The van der Waals surface area contributed by atoms with Crippen LogP contribution in [0.25, 0.3) is 11.0 Å². The van der Waals surface area contributed by atoms with E-state index in [9.17, 15) is 14.3 Å². The van der Waals surface area contributed by atoms with Crippen LogP contribution in [0.2, 0.25) is 0 Å². The van der Waals surface area contributed by atoms with Crippen LogP contribution in [0.3, 0.4) is 0 Å². The van der Waals surface area contributed by atoms with Crippen molar-refractivity contribution < 1.29 is 23.8 Å². The van der Waals surface area contributed by atoms with Gasteiger partial charge in [0.05, 0.1) is 30.3 Å². The minimum Gasteiger partial charge on any atom is -0.454 e. The first kappa shape index (κ1) is 22.1. The molecule has 0 amide bonds. The monoisotopic (exact) mass is 461 g/mol. The van der Waals surface area contributed by atoms with Gasteiger partial charge >= 0.3 is 0 Å². The summed E-state index contributed by atoms with van der Waals surface area (Å²) in [6, 6.07) is 14.7. The van der Waals surface area contributed by atoms with Crippen LogP contribution in [0.1, 0.15) is 28.8 Å².